The first-order chi connectivity index (χ1) is 24.0. The van der Waals surface area contributed by atoms with Crippen molar-refractivity contribution in [2.24, 2.45) is 5.11 Å². The Hall–Kier alpha value is -4.57. The molecule has 3 heterocycles. The zero-order chi connectivity index (χ0) is 34.7. The van der Waals surface area contributed by atoms with Crippen molar-refractivity contribution in [3.05, 3.63) is 70.4 Å². The lowest BCUT2D eigenvalue weighted by Gasteiger charge is -2.39. The number of ether oxygens (including phenoxy) is 6. The van der Waals surface area contributed by atoms with Crippen LogP contribution < -0.4 is 4.74 Å². The number of carbonyl (C=O) groups excluding carboxylic acids is 3. The van der Waals surface area contributed by atoms with Crippen LogP contribution in [0.1, 0.15) is 27.6 Å². The smallest absolute Gasteiger partial charge is 0.295 e. The number of nitrogens with zero attached hydrogens (tertiary/aromatic N) is 6. The molecule has 1 fully saturated rings. The minimum Gasteiger partial charge on any atom is -0.490 e. The fourth-order valence-corrected chi connectivity index (χ4v) is 5.12. The monoisotopic (exact) mass is 681 g/mol. The van der Waals surface area contributed by atoms with E-state index < -0.39 is 11.7 Å². The number of hydrogen-bond acceptors (Lipinski definition) is 11. The van der Waals surface area contributed by atoms with Crippen LogP contribution in [0.4, 0.5) is 0 Å². The number of carbonyl (C=O) groups is 3. The summed E-state index contributed by atoms with van der Waals surface area (Å²) < 4.78 is 33.1. The van der Waals surface area contributed by atoms with Gasteiger partial charge in [0, 0.05) is 55.1 Å². The number of fused-ring (bicyclic) bond motifs is 1. The summed E-state index contributed by atoms with van der Waals surface area (Å²) >= 11 is 0. The zero-order valence-electron chi connectivity index (χ0n) is 27.7. The van der Waals surface area contributed by atoms with Gasteiger partial charge in [-0.05, 0) is 30.7 Å². The van der Waals surface area contributed by atoms with Gasteiger partial charge >= 0.3 is 0 Å². The number of azide groups is 1. The molecule has 3 aromatic rings. The Balaban J connectivity index is 1.11. The largest absolute Gasteiger partial charge is 0.490 e. The summed E-state index contributed by atoms with van der Waals surface area (Å²) in [7, 11) is 0. The number of amides is 2. The van der Waals surface area contributed by atoms with Crippen LogP contribution in [0, 0.1) is 0 Å². The second-order valence-corrected chi connectivity index (χ2v) is 10.9. The molecule has 1 aromatic carbocycles. The molecule has 0 bridgehead atoms. The molecule has 0 aliphatic carbocycles. The van der Waals surface area contributed by atoms with Crippen molar-refractivity contribution in [2.75, 3.05) is 98.9 Å². The van der Waals surface area contributed by atoms with E-state index in [0.29, 0.717) is 101 Å². The molecule has 2 aromatic heterocycles. The molecule has 1 saturated heterocycles. The van der Waals surface area contributed by atoms with Crippen molar-refractivity contribution < 1.29 is 42.8 Å². The van der Waals surface area contributed by atoms with E-state index in [2.05, 4.69) is 20.0 Å². The van der Waals surface area contributed by atoms with Gasteiger partial charge in [0.1, 0.15) is 18.0 Å². The molecular formula is C33H43N7O9. The second-order valence-electron chi connectivity index (χ2n) is 10.9. The van der Waals surface area contributed by atoms with Gasteiger partial charge < -0.3 is 43.2 Å². The molecule has 1 atom stereocenters. The highest BCUT2D eigenvalue weighted by Crippen LogP contribution is 2.28. The molecule has 0 saturated carbocycles. The van der Waals surface area contributed by atoms with Crippen LogP contribution in [0.15, 0.2) is 53.9 Å². The van der Waals surface area contributed by atoms with Gasteiger partial charge in [-0.2, -0.15) is 0 Å². The van der Waals surface area contributed by atoms with Crippen LogP contribution in [0.3, 0.4) is 0 Å². The van der Waals surface area contributed by atoms with Gasteiger partial charge in [-0.3, -0.25) is 14.4 Å². The third-order valence-electron chi connectivity index (χ3n) is 7.54. The molecule has 1 aliphatic rings. The minimum atomic E-state index is -0.673. The summed E-state index contributed by atoms with van der Waals surface area (Å²) in [6, 6.07) is 10.3. The van der Waals surface area contributed by atoms with Gasteiger partial charge in [0.2, 0.25) is 0 Å². The van der Waals surface area contributed by atoms with E-state index >= 15 is 0 Å². The van der Waals surface area contributed by atoms with Crippen LogP contribution in [-0.4, -0.2) is 142 Å². The Morgan fingerprint density at radius 3 is 2.10 bits per heavy atom. The number of ketones is 1. The number of aromatic nitrogens is 2. The highest BCUT2D eigenvalue weighted by molar-refractivity contribution is 6.45. The van der Waals surface area contributed by atoms with Crippen LogP contribution in [0.2, 0.25) is 0 Å². The van der Waals surface area contributed by atoms with Crippen molar-refractivity contribution in [1.82, 2.24) is 19.8 Å². The number of Topliss-reactive ketones (excluding diaryl/α,β-unsaturated/α-hetero) is 1. The molecular weight excluding hydrogens is 638 g/mol. The molecule has 16 heteroatoms. The first-order valence-electron chi connectivity index (χ1n) is 16.2. The van der Waals surface area contributed by atoms with E-state index in [9.17, 15) is 14.4 Å². The maximum Gasteiger partial charge on any atom is 0.295 e. The van der Waals surface area contributed by atoms with Crippen LogP contribution >= 0.6 is 0 Å². The van der Waals surface area contributed by atoms with Gasteiger partial charge in [-0.25, -0.2) is 4.98 Å². The van der Waals surface area contributed by atoms with Crippen molar-refractivity contribution in [1.29, 1.82) is 0 Å². The number of rotatable bonds is 22. The Morgan fingerprint density at radius 1 is 0.878 bits per heavy atom. The van der Waals surface area contributed by atoms with Crippen molar-refractivity contribution in [3.63, 3.8) is 0 Å². The van der Waals surface area contributed by atoms with Crippen molar-refractivity contribution in [2.45, 2.75) is 13.0 Å². The van der Waals surface area contributed by atoms with Gasteiger partial charge in [0.25, 0.3) is 17.6 Å². The van der Waals surface area contributed by atoms with Gasteiger partial charge in [0.15, 0.2) is 0 Å². The van der Waals surface area contributed by atoms with Gasteiger partial charge in [0.05, 0.1) is 77.0 Å². The third-order valence-corrected chi connectivity index (χ3v) is 7.54. The fourth-order valence-electron chi connectivity index (χ4n) is 5.12. The first kappa shape index (κ1) is 37.3. The molecule has 49 heavy (non-hydrogen) atoms. The minimum absolute atomic E-state index is 0.101. The summed E-state index contributed by atoms with van der Waals surface area (Å²) in [4.78, 5) is 52.9. The summed E-state index contributed by atoms with van der Waals surface area (Å²) in [5.74, 6) is -1.00. The fraction of sp³-hybridized carbons (Fsp3) is 0.515. The average molecular weight is 682 g/mol. The molecule has 1 N–H and O–H groups in total. The van der Waals surface area contributed by atoms with Crippen molar-refractivity contribution in [3.8, 4) is 5.75 Å². The molecule has 4 rings (SSSR count). The Labute approximate surface area is 284 Å². The zero-order valence-corrected chi connectivity index (χ0v) is 27.7. The topological polar surface area (TPSA) is 191 Å². The lowest BCUT2D eigenvalue weighted by atomic mass is 10.1. The number of nitrogens with one attached hydrogen (secondary N) is 1. The number of pyridine rings is 1. The molecule has 0 spiro atoms. The van der Waals surface area contributed by atoms with Crippen LogP contribution in [0.25, 0.3) is 21.5 Å². The standard InChI is InChI=1S/C33H43N7O9/c1-25-24-39(32(42)26-5-3-2-4-6-26)10-11-40(25)33(43)30(41)27-23-36-31-29(27)28(7-8-35-31)49-22-21-48-20-19-47-18-17-46-16-15-45-14-13-44-12-9-37-38-34/h2-8,23,25H,9-22,24H2,1H3,(H,35,36)/t25-/m1/s1. The quantitative estimate of drug-likeness (QED) is 0.0412. The number of H-pyrrole nitrogens is 1. The van der Waals surface area contributed by atoms with E-state index in [0.717, 1.165) is 0 Å². The van der Waals surface area contributed by atoms with E-state index in [4.69, 9.17) is 34.0 Å². The maximum atomic E-state index is 13.5. The predicted octanol–water partition coefficient (Wildman–Crippen LogP) is 2.89. The third kappa shape index (κ3) is 11.5. The summed E-state index contributed by atoms with van der Waals surface area (Å²) in [5, 5.41) is 3.80. The SMILES string of the molecule is C[C@@H]1CN(C(=O)c2ccccc2)CCN1C(=O)C(=O)c1c[nH]c2nccc(OCCOCCOCCOCCOCCOCCN=[N+]=[N-])c12. The first-order valence-corrected chi connectivity index (χ1v) is 16.2. The normalized spacial score (nSPS) is 14.5. The Kier molecular flexibility index (Phi) is 15.8. The summed E-state index contributed by atoms with van der Waals surface area (Å²) in [6.07, 6.45) is 3.03. The van der Waals surface area contributed by atoms with E-state index in [1.54, 1.807) is 29.3 Å². The lowest BCUT2D eigenvalue weighted by Crippen LogP contribution is -2.56. The molecule has 0 radical (unpaired) electrons. The molecule has 1 aliphatic heterocycles. The van der Waals surface area contributed by atoms with Crippen LogP contribution in [0.5, 0.6) is 5.75 Å². The van der Waals surface area contributed by atoms with Crippen molar-refractivity contribution >= 4 is 28.6 Å². The summed E-state index contributed by atoms with van der Waals surface area (Å²) in [5.41, 5.74) is 9.36. The number of hydrogen-bond donors (Lipinski definition) is 1. The molecule has 16 nitrogen and oxygen atoms in total. The highest BCUT2D eigenvalue weighted by Gasteiger charge is 2.34. The lowest BCUT2D eigenvalue weighted by molar-refractivity contribution is -0.130. The Morgan fingerprint density at radius 2 is 1.49 bits per heavy atom. The maximum absolute atomic E-state index is 13.5. The predicted molar refractivity (Wildman–Crippen MR) is 178 cm³/mol. The molecule has 2 amide bonds. The highest BCUT2D eigenvalue weighted by atomic mass is 16.6. The van der Waals surface area contributed by atoms with E-state index in [1.165, 1.54) is 11.1 Å². The molecule has 264 valence electrons. The van der Waals surface area contributed by atoms with E-state index in [-0.39, 0.29) is 37.3 Å². The Bertz CT molecular complexity index is 1530. The van der Waals surface area contributed by atoms with Crippen LogP contribution in [-0.2, 0) is 28.5 Å². The van der Waals surface area contributed by atoms with Gasteiger partial charge in [-0.15, -0.1) is 0 Å². The van der Waals surface area contributed by atoms with E-state index in [1.807, 2.05) is 25.1 Å². The molecule has 0 unspecified atom stereocenters. The number of aromatic amines is 1. The average Bonchev–Trinajstić information content (AvgIpc) is 3.57. The number of piperazine rings is 1. The number of benzene rings is 1. The van der Waals surface area contributed by atoms with Gasteiger partial charge in [-0.1, -0.05) is 23.3 Å². The second kappa shape index (κ2) is 20.7. The summed E-state index contributed by atoms with van der Waals surface area (Å²) in [6.45, 7) is 7.24.